The summed E-state index contributed by atoms with van der Waals surface area (Å²) in [6.07, 6.45) is 1.25. The second kappa shape index (κ2) is 9.85. The average molecular weight is 193 g/mol. The largest absolute Gasteiger partial charge is 0.405 e. The topological polar surface area (TPSA) is 26.0 Å². The summed E-state index contributed by atoms with van der Waals surface area (Å²) in [7, 11) is 0. The molecule has 0 saturated heterocycles. The summed E-state index contributed by atoms with van der Waals surface area (Å²) in [6, 6.07) is 6.50. The molecule has 1 nitrogen and oxygen atoms in total. The molecule has 80 valence electrons. The average Bonchev–Trinajstić information content (AvgIpc) is 2.17. The van der Waals surface area contributed by atoms with Gasteiger partial charge in [0.15, 0.2) is 0 Å². The van der Waals surface area contributed by atoms with Gasteiger partial charge in [0.2, 0.25) is 0 Å². The van der Waals surface area contributed by atoms with Crippen molar-refractivity contribution in [3.63, 3.8) is 0 Å². The molecule has 0 aliphatic carbocycles. The zero-order valence-corrected chi connectivity index (χ0v) is 10.1. The van der Waals surface area contributed by atoms with Crippen LogP contribution in [0.1, 0.15) is 30.5 Å². The molecule has 1 aromatic carbocycles. The van der Waals surface area contributed by atoms with E-state index in [-0.39, 0.29) is 0 Å². The molecule has 2 N–H and O–H groups in total. The molecular formula is C13H23N. The van der Waals surface area contributed by atoms with Gasteiger partial charge in [-0.15, -0.1) is 0 Å². The Labute approximate surface area is 88.6 Å². The number of aryl methyl sites for hydroxylation is 3. The Balaban J connectivity index is 0. The van der Waals surface area contributed by atoms with E-state index < -0.39 is 0 Å². The first-order valence-electron chi connectivity index (χ1n) is 4.98. The summed E-state index contributed by atoms with van der Waals surface area (Å²) in [5, 5.41) is 0. The summed E-state index contributed by atoms with van der Waals surface area (Å²) < 4.78 is 0. The van der Waals surface area contributed by atoms with Gasteiger partial charge >= 0.3 is 0 Å². The molecule has 0 atom stereocenters. The molecule has 0 aromatic heterocycles. The number of hydrogen-bond donors (Lipinski definition) is 1. The molecular weight excluding hydrogens is 170 g/mol. The third-order valence-corrected chi connectivity index (χ3v) is 1.66. The van der Waals surface area contributed by atoms with Gasteiger partial charge in [-0.25, -0.2) is 0 Å². The predicted octanol–water partition coefficient (Wildman–Crippen LogP) is 3.73. The number of nitrogens with two attached hydrogens (primary N) is 1. The van der Waals surface area contributed by atoms with E-state index in [1.807, 2.05) is 13.8 Å². The molecule has 0 radical (unpaired) electrons. The molecule has 0 amide bonds. The van der Waals surface area contributed by atoms with Crippen LogP contribution < -0.4 is 5.73 Å². The first-order valence-corrected chi connectivity index (χ1v) is 4.98. The van der Waals surface area contributed by atoms with Gasteiger partial charge in [-0.3, -0.25) is 0 Å². The van der Waals surface area contributed by atoms with Crippen LogP contribution in [0.3, 0.4) is 0 Å². The highest BCUT2D eigenvalue weighted by molar-refractivity contribution is 5.28. The highest BCUT2D eigenvalue weighted by Crippen LogP contribution is 2.07. The molecule has 0 heterocycles. The molecule has 0 saturated carbocycles. The molecule has 0 unspecified atom stereocenters. The number of rotatable bonds is 0. The Kier molecular flexibility index (Phi) is 10.7. The lowest BCUT2D eigenvalue weighted by Gasteiger charge is -1.98. The van der Waals surface area contributed by atoms with Crippen molar-refractivity contribution in [2.24, 2.45) is 5.73 Å². The van der Waals surface area contributed by atoms with Gasteiger partial charge < -0.3 is 5.73 Å². The van der Waals surface area contributed by atoms with E-state index in [2.05, 4.69) is 51.3 Å². The van der Waals surface area contributed by atoms with Gasteiger partial charge in [0, 0.05) is 0 Å². The van der Waals surface area contributed by atoms with Crippen LogP contribution in [0.15, 0.2) is 31.0 Å². The fourth-order valence-corrected chi connectivity index (χ4v) is 0.891. The summed E-state index contributed by atoms with van der Waals surface area (Å²) >= 11 is 0. The zero-order chi connectivity index (χ0) is 11.6. The minimum Gasteiger partial charge on any atom is -0.405 e. The molecule has 14 heavy (non-hydrogen) atoms. The van der Waals surface area contributed by atoms with Crippen molar-refractivity contribution in [3.05, 3.63) is 47.7 Å². The van der Waals surface area contributed by atoms with Crippen molar-refractivity contribution in [2.45, 2.75) is 34.6 Å². The van der Waals surface area contributed by atoms with Gasteiger partial charge in [-0.05, 0) is 38.1 Å². The molecule has 1 aromatic rings. The molecule has 0 bridgehead atoms. The van der Waals surface area contributed by atoms with E-state index in [9.17, 15) is 0 Å². The maximum atomic E-state index is 4.61. The lowest BCUT2D eigenvalue weighted by Crippen LogP contribution is -1.79. The van der Waals surface area contributed by atoms with Crippen LogP contribution in [0.4, 0.5) is 0 Å². The van der Waals surface area contributed by atoms with E-state index in [0.29, 0.717) is 0 Å². The molecule has 0 spiro atoms. The van der Waals surface area contributed by atoms with Crippen LogP contribution in [-0.4, -0.2) is 0 Å². The maximum absolute atomic E-state index is 4.61. The molecule has 1 rings (SSSR count). The van der Waals surface area contributed by atoms with Crippen LogP contribution in [0.2, 0.25) is 0 Å². The molecule has 0 aliphatic rings. The van der Waals surface area contributed by atoms with Crippen LogP contribution in [-0.2, 0) is 0 Å². The Morgan fingerprint density at radius 1 is 1.07 bits per heavy atom. The Morgan fingerprint density at radius 2 is 1.50 bits per heavy atom. The third kappa shape index (κ3) is 7.41. The van der Waals surface area contributed by atoms with Gasteiger partial charge in [0.25, 0.3) is 0 Å². The minimum atomic E-state index is 1.25. The standard InChI is InChI=1S/C9H12.C2H5N.C2H6/c1-7-4-5-8(2)9(3)6-7;1-2-3;1-2/h4-6H,1-3H3;2H,1,3H2;1-2H3. The molecule has 0 fully saturated rings. The van der Waals surface area contributed by atoms with Crippen molar-refractivity contribution in [1.82, 2.24) is 0 Å². The fraction of sp³-hybridized carbons (Fsp3) is 0.385. The zero-order valence-electron chi connectivity index (χ0n) is 10.1. The Bertz CT molecular complexity index is 251. The molecule has 1 heteroatoms. The van der Waals surface area contributed by atoms with E-state index in [0.717, 1.165) is 0 Å². The quantitative estimate of drug-likeness (QED) is 0.667. The smallest absolute Gasteiger partial charge is 0.0136 e. The summed E-state index contributed by atoms with van der Waals surface area (Å²) in [4.78, 5) is 0. The van der Waals surface area contributed by atoms with Crippen molar-refractivity contribution >= 4 is 0 Å². The summed E-state index contributed by atoms with van der Waals surface area (Å²) in [6.45, 7) is 13.5. The van der Waals surface area contributed by atoms with Crippen molar-refractivity contribution in [2.75, 3.05) is 0 Å². The highest BCUT2D eigenvalue weighted by Gasteiger charge is 1.89. The SMILES string of the molecule is C=CN.CC.Cc1ccc(C)c(C)c1. The van der Waals surface area contributed by atoms with Gasteiger partial charge in [-0.1, -0.05) is 44.2 Å². The van der Waals surface area contributed by atoms with E-state index in [1.165, 1.54) is 22.9 Å². The normalized spacial score (nSPS) is 7.50. The van der Waals surface area contributed by atoms with Crippen molar-refractivity contribution in [3.8, 4) is 0 Å². The van der Waals surface area contributed by atoms with Crippen molar-refractivity contribution in [1.29, 1.82) is 0 Å². The second-order valence-electron chi connectivity index (χ2n) is 2.82. The predicted molar refractivity (Wildman–Crippen MR) is 66.4 cm³/mol. The maximum Gasteiger partial charge on any atom is -0.0136 e. The first kappa shape index (κ1) is 15.2. The van der Waals surface area contributed by atoms with Crippen LogP contribution in [0.25, 0.3) is 0 Å². The van der Waals surface area contributed by atoms with Crippen LogP contribution >= 0.6 is 0 Å². The van der Waals surface area contributed by atoms with Gasteiger partial charge in [0.05, 0.1) is 0 Å². The monoisotopic (exact) mass is 193 g/mol. The minimum absolute atomic E-state index is 1.25. The van der Waals surface area contributed by atoms with Crippen molar-refractivity contribution < 1.29 is 0 Å². The summed E-state index contributed by atoms with van der Waals surface area (Å²) in [5.74, 6) is 0. The highest BCUT2D eigenvalue weighted by atomic mass is 14.5. The van der Waals surface area contributed by atoms with Gasteiger partial charge in [0.1, 0.15) is 0 Å². The van der Waals surface area contributed by atoms with Crippen LogP contribution in [0, 0.1) is 20.8 Å². The van der Waals surface area contributed by atoms with Crippen LogP contribution in [0.5, 0.6) is 0 Å². The van der Waals surface area contributed by atoms with E-state index in [1.54, 1.807) is 0 Å². The number of hydrogen-bond acceptors (Lipinski definition) is 1. The lowest BCUT2D eigenvalue weighted by atomic mass is 10.1. The first-order chi connectivity index (χ1) is 6.61. The third-order valence-electron chi connectivity index (χ3n) is 1.66. The van der Waals surface area contributed by atoms with E-state index >= 15 is 0 Å². The second-order valence-corrected chi connectivity index (χ2v) is 2.82. The van der Waals surface area contributed by atoms with E-state index in [4.69, 9.17) is 0 Å². The number of benzene rings is 1. The Morgan fingerprint density at radius 3 is 1.79 bits per heavy atom. The lowest BCUT2D eigenvalue weighted by molar-refractivity contribution is 1.30. The fourth-order valence-electron chi connectivity index (χ4n) is 0.891. The van der Waals surface area contributed by atoms with Gasteiger partial charge in [-0.2, -0.15) is 0 Å². The summed E-state index contributed by atoms with van der Waals surface area (Å²) in [5.41, 5.74) is 8.72. The molecule has 0 aliphatic heterocycles. The Hall–Kier alpha value is -1.24.